The summed E-state index contributed by atoms with van der Waals surface area (Å²) in [7, 11) is 1.83. The maximum absolute atomic E-state index is 5.68. The first-order valence-corrected chi connectivity index (χ1v) is 9.61. The van der Waals surface area contributed by atoms with Crippen LogP contribution >= 0.6 is 24.0 Å². The lowest BCUT2D eigenvalue weighted by Gasteiger charge is -2.27. The molecule has 1 aromatic rings. The minimum absolute atomic E-state index is 0. The summed E-state index contributed by atoms with van der Waals surface area (Å²) in [5.41, 5.74) is 0. The number of furan rings is 1. The van der Waals surface area contributed by atoms with Crippen LogP contribution in [0.1, 0.15) is 45.4 Å². The highest BCUT2D eigenvalue weighted by molar-refractivity contribution is 14.0. The molecule has 0 aliphatic carbocycles. The van der Waals surface area contributed by atoms with Gasteiger partial charge in [0.25, 0.3) is 0 Å². The molecule has 7 heteroatoms. The Balaban J connectivity index is 0.00000338. The molecule has 1 unspecified atom stereocenters. The van der Waals surface area contributed by atoms with Gasteiger partial charge >= 0.3 is 0 Å². The zero-order valence-electron chi connectivity index (χ0n) is 16.7. The van der Waals surface area contributed by atoms with Crippen molar-refractivity contribution in [3.8, 4) is 0 Å². The Bertz CT molecular complexity index is 500. The SMILES string of the molecule is CCN(CCNC(=NC)NCC(c1ccco1)N1CCCC1)C(C)C.I. The van der Waals surface area contributed by atoms with Crippen LogP contribution in [-0.2, 0) is 0 Å². The van der Waals surface area contributed by atoms with Gasteiger partial charge in [0.05, 0.1) is 12.3 Å². The van der Waals surface area contributed by atoms with Gasteiger partial charge in [-0.25, -0.2) is 0 Å². The number of likely N-dealkylation sites (tertiary alicyclic amines) is 1. The smallest absolute Gasteiger partial charge is 0.191 e. The van der Waals surface area contributed by atoms with Crippen molar-refractivity contribution < 1.29 is 4.42 Å². The zero-order valence-corrected chi connectivity index (χ0v) is 19.0. The molecular weight excluding hydrogens is 441 g/mol. The third kappa shape index (κ3) is 7.08. The van der Waals surface area contributed by atoms with E-state index in [9.17, 15) is 0 Å². The molecule has 26 heavy (non-hydrogen) atoms. The highest BCUT2D eigenvalue weighted by atomic mass is 127. The lowest BCUT2D eigenvalue weighted by atomic mass is 10.2. The molecule has 1 aliphatic rings. The molecule has 0 radical (unpaired) electrons. The van der Waals surface area contributed by atoms with E-state index in [1.165, 1.54) is 12.8 Å². The molecule has 0 saturated carbocycles. The Morgan fingerprint density at radius 3 is 2.58 bits per heavy atom. The number of hydrogen-bond acceptors (Lipinski definition) is 4. The topological polar surface area (TPSA) is 56.0 Å². The van der Waals surface area contributed by atoms with Crippen molar-refractivity contribution in [3.05, 3.63) is 24.2 Å². The van der Waals surface area contributed by atoms with Gasteiger partial charge in [-0.3, -0.25) is 14.8 Å². The van der Waals surface area contributed by atoms with Gasteiger partial charge < -0.3 is 15.1 Å². The summed E-state index contributed by atoms with van der Waals surface area (Å²) in [5, 5.41) is 6.90. The molecule has 150 valence electrons. The van der Waals surface area contributed by atoms with Gasteiger partial charge in [-0.2, -0.15) is 0 Å². The quantitative estimate of drug-likeness (QED) is 0.326. The monoisotopic (exact) mass is 477 g/mol. The van der Waals surface area contributed by atoms with E-state index in [1.54, 1.807) is 6.26 Å². The summed E-state index contributed by atoms with van der Waals surface area (Å²) < 4.78 is 5.68. The van der Waals surface area contributed by atoms with E-state index in [1.807, 2.05) is 13.1 Å². The van der Waals surface area contributed by atoms with E-state index in [2.05, 4.69) is 52.3 Å². The van der Waals surface area contributed by atoms with Gasteiger partial charge in [-0.1, -0.05) is 6.92 Å². The Hall–Kier alpha value is -0.800. The summed E-state index contributed by atoms with van der Waals surface area (Å²) in [6.45, 7) is 12.7. The molecule has 6 nitrogen and oxygen atoms in total. The van der Waals surface area contributed by atoms with E-state index in [-0.39, 0.29) is 30.0 Å². The molecule has 1 aliphatic heterocycles. The van der Waals surface area contributed by atoms with Crippen LogP contribution in [0, 0.1) is 0 Å². The van der Waals surface area contributed by atoms with Crippen molar-refractivity contribution in [1.82, 2.24) is 20.4 Å². The van der Waals surface area contributed by atoms with Crippen molar-refractivity contribution in [3.63, 3.8) is 0 Å². The Morgan fingerprint density at radius 1 is 1.31 bits per heavy atom. The van der Waals surface area contributed by atoms with E-state index >= 15 is 0 Å². The van der Waals surface area contributed by atoms with E-state index in [4.69, 9.17) is 4.42 Å². The van der Waals surface area contributed by atoms with Crippen molar-refractivity contribution >= 4 is 29.9 Å². The Kier molecular flexibility index (Phi) is 11.2. The lowest BCUT2D eigenvalue weighted by Crippen LogP contribution is -2.45. The number of nitrogens with one attached hydrogen (secondary N) is 2. The molecule has 1 saturated heterocycles. The first-order valence-electron chi connectivity index (χ1n) is 9.61. The fraction of sp³-hybridized carbons (Fsp3) is 0.737. The number of aliphatic imine (C=N–C) groups is 1. The highest BCUT2D eigenvalue weighted by Crippen LogP contribution is 2.24. The van der Waals surface area contributed by atoms with Gasteiger partial charge in [-0.15, -0.1) is 24.0 Å². The molecule has 0 spiro atoms. The summed E-state index contributed by atoms with van der Waals surface area (Å²) >= 11 is 0. The average molecular weight is 477 g/mol. The second kappa shape index (κ2) is 12.6. The van der Waals surface area contributed by atoms with Gasteiger partial charge in [0.2, 0.25) is 0 Å². The molecular formula is C19H36IN5O. The predicted molar refractivity (Wildman–Crippen MR) is 119 cm³/mol. The fourth-order valence-electron chi connectivity index (χ4n) is 3.46. The molecule has 2 N–H and O–H groups in total. The van der Waals surface area contributed by atoms with Crippen LogP contribution < -0.4 is 10.6 Å². The zero-order chi connectivity index (χ0) is 18.1. The van der Waals surface area contributed by atoms with E-state index in [0.29, 0.717) is 6.04 Å². The minimum atomic E-state index is 0. The second-order valence-corrected chi connectivity index (χ2v) is 6.88. The highest BCUT2D eigenvalue weighted by Gasteiger charge is 2.25. The van der Waals surface area contributed by atoms with Crippen LogP contribution in [0.15, 0.2) is 27.8 Å². The van der Waals surface area contributed by atoms with Crippen LogP contribution in [0.3, 0.4) is 0 Å². The third-order valence-corrected chi connectivity index (χ3v) is 4.97. The number of nitrogens with zero attached hydrogens (tertiary/aromatic N) is 3. The van der Waals surface area contributed by atoms with Crippen molar-refractivity contribution in [1.29, 1.82) is 0 Å². The maximum Gasteiger partial charge on any atom is 0.191 e. The second-order valence-electron chi connectivity index (χ2n) is 6.88. The average Bonchev–Trinajstić information content (AvgIpc) is 3.30. The molecule has 0 amide bonds. The first-order chi connectivity index (χ1) is 12.2. The van der Waals surface area contributed by atoms with E-state index in [0.717, 1.165) is 51.0 Å². The molecule has 0 aromatic carbocycles. The molecule has 1 aromatic heterocycles. The predicted octanol–water partition coefficient (Wildman–Crippen LogP) is 2.93. The Morgan fingerprint density at radius 2 is 2.04 bits per heavy atom. The standard InChI is InChI=1S/C19H35N5O.HI/c1-5-23(16(2)3)13-10-21-19(20-4)22-15-17(18-9-8-14-25-18)24-11-6-7-12-24;/h8-9,14,16-17H,5-7,10-13,15H2,1-4H3,(H2,20,21,22);1H. The number of guanidine groups is 1. The lowest BCUT2D eigenvalue weighted by molar-refractivity contribution is 0.215. The fourth-order valence-corrected chi connectivity index (χ4v) is 3.46. The molecule has 1 fully saturated rings. The number of halogens is 1. The summed E-state index contributed by atoms with van der Waals surface area (Å²) in [6, 6.07) is 4.87. The molecule has 1 atom stereocenters. The van der Waals surface area contributed by atoms with Crippen LogP contribution in [-0.4, -0.2) is 68.1 Å². The maximum atomic E-state index is 5.68. The van der Waals surface area contributed by atoms with Crippen molar-refractivity contribution in [2.45, 2.75) is 45.7 Å². The number of hydrogen-bond donors (Lipinski definition) is 2. The third-order valence-electron chi connectivity index (χ3n) is 4.97. The van der Waals surface area contributed by atoms with E-state index < -0.39 is 0 Å². The minimum Gasteiger partial charge on any atom is -0.468 e. The largest absolute Gasteiger partial charge is 0.468 e. The van der Waals surface area contributed by atoms with Crippen LogP contribution in [0.4, 0.5) is 0 Å². The summed E-state index contributed by atoms with van der Waals surface area (Å²) in [5.74, 6) is 1.89. The van der Waals surface area contributed by atoms with Crippen molar-refractivity contribution in [2.24, 2.45) is 4.99 Å². The van der Waals surface area contributed by atoms with Gasteiger partial charge in [0, 0.05) is 32.7 Å². The normalized spacial score (nSPS) is 16.8. The van der Waals surface area contributed by atoms with Crippen LogP contribution in [0.5, 0.6) is 0 Å². The van der Waals surface area contributed by atoms with Crippen molar-refractivity contribution in [2.75, 3.05) is 46.3 Å². The van der Waals surface area contributed by atoms with Gasteiger partial charge in [0.15, 0.2) is 5.96 Å². The van der Waals surface area contributed by atoms with Gasteiger partial charge in [0.1, 0.15) is 5.76 Å². The number of likely N-dealkylation sites (N-methyl/N-ethyl adjacent to an activating group) is 1. The Labute approximate surface area is 175 Å². The molecule has 2 heterocycles. The summed E-state index contributed by atoms with van der Waals surface area (Å²) in [6.07, 6.45) is 4.30. The van der Waals surface area contributed by atoms with Crippen LogP contribution in [0.25, 0.3) is 0 Å². The summed E-state index contributed by atoms with van der Waals surface area (Å²) in [4.78, 5) is 9.30. The van der Waals surface area contributed by atoms with Gasteiger partial charge in [-0.05, 0) is 58.5 Å². The van der Waals surface area contributed by atoms with Crippen LogP contribution in [0.2, 0.25) is 0 Å². The number of rotatable bonds is 9. The molecule has 2 rings (SSSR count). The first kappa shape index (κ1) is 23.2. The molecule has 0 bridgehead atoms.